The molecule has 0 aromatic carbocycles. The van der Waals surface area contributed by atoms with Gasteiger partial charge in [0.1, 0.15) is 11.6 Å². The minimum Gasteiger partial charge on any atom is -0.300 e. The van der Waals surface area contributed by atoms with Crippen LogP contribution in [0.4, 0.5) is 0 Å². The van der Waals surface area contributed by atoms with E-state index in [9.17, 15) is 9.59 Å². The van der Waals surface area contributed by atoms with Crippen molar-refractivity contribution in [1.29, 1.82) is 0 Å². The van der Waals surface area contributed by atoms with Gasteiger partial charge in [-0.3, -0.25) is 9.59 Å². The summed E-state index contributed by atoms with van der Waals surface area (Å²) in [6, 6.07) is 0. The van der Waals surface area contributed by atoms with Crippen LogP contribution >= 0.6 is 0 Å². The Labute approximate surface area is 74.1 Å². The van der Waals surface area contributed by atoms with Gasteiger partial charge in [-0.05, 0) is 6.92 Å². The summed E-state index contributed by atoms with van der Waals surface area (Å²) in [6.07, 6.45) is 0.0949. The Morgan fingerprint density at radius 3 is 1.80 bits per heavy atom. The third-order valence-corrected chi connectivity index (χ3v) is 1.07. The first-order chi connectivity index (χ1) is 4.04. The van der Waals surface area contributed by atoms with Gasteiger partial charge in [0.15, 0.2) is 0 Å². The smallest absolute Gasteiger partial charge is 0.142 e. The number of carbonyl (C=O) groups is 2. The van der Waals surface area contributed by atoms with E-state index >= 15 is 0 Å². The maximum Gasteiger partial charge on any atom is 0.142 e. The molecule has 0 aliphatic carbocycles. The number of ketones is 2. The predicted octanol–water partition coefficient (Wildman–Crippen LogP) is 1.19. The van der Waals surface area contributed by atoms with Crippen LogP contribution in [0.15, 0.2) is 0 Å². The first-order valence-electron chi connectivity index (χ1n) is 3.06. The van der Waals surface area contributed by atoms with E-state index in [0.29, 0.717) is 0 Å². The summed E-state index contributed by atoms with van der Waals surface area (Å²) in [6.45, 7) is 5.02. The van der Waals surface area contributed by atoms with E-state index in [4.69, 9.17) is 0 Å². The van der Waals surface area contributed by atoms with E-state index in [1.54, 1.807) is 13.8 Å². The number of hydrogen-bond donors (Lipinski definition) is 0. The molecule has 0 saturated heterocycles. The molecule has 0 aromatic heterocycles. The third-order valence-electron chi connectivity index (χ3n) is 1.07. The summed E-state index contributed by atoms with van der Waals surface area (Å²) in [7, 11) is 0. The summed E-state index contributed by atoms with van der Waals surface area (Å²) < 4.78 is 0. The molecule has 0 spiro atoms. The maximum absolute atomic E-state index is 10.7. The van der Waals surface area contributed by atoms with E-state index < -0.39 is 0 Å². The summed E-state index contributed by atoms with van der Waals surface area (Å²) in [4.78, 5) is 21.1. The Morgan fingerprint density at radius 2 is 1.70 bits per heavy atom. The number of rotatable bonds is 3. The Bertz CT molecular complexity index is 130. The van der Waals surface area contributed by atoms with Crippen molar-refractivity contribution < 1.29 is 29.1 Å². The van der Waals surface area contributed by atoms with Crippen LogP contribution in [0.25, 0.3) is 0 Å². The molecule has 0 fully saturated rings. The monoisotopic (exact) mass is 230 g/mol. The number of Topliss-reactive ketones (excluding diaryl/α,β-unsaturated/α-hetero) is 2. The van der Waals surface area contributed by atoms with Gasteiger partial charge >= 0.3 is 0 Å². The van der Waals surface area contributed by atoms with E-state index in [1.165, 1.54) is 6.92 Å². The van der Waals surface area contributed by atoms with Crippen LogP contribution in [-0.4, -0.2) is 11.6 Å². The second kappa shape index (κ2) is 5.73. The molecule has 60 valence electrons. The molecule has 0 atom stereocenters. The van der Waals surface area contributed by atoms with Crippen LogP contribution < -0.4 is 0 Å². The van der Waals surface area contributed by atoms with Gasteiger partial charge in [-0.15, -0.1) is 0 Å². The van der Waals surface area contributed by atoms with Crippen LogP contribution in [0.3, 0.4) is 0 Å². The van der Waals surface area contributed by atoms with Gasteiger partial charge in [0.25, 0.3) is 0 Å². The van der Waals surface area contributed by atoms with Gasteiger partial charge in [0.05, 0.1) is 6.42 Å². The fraction of sp³-hybridized carbons (Fsp3) is 0.714. The standard InChI is InChI=1S/C7H12O2.Ru/c1-5(2)7(9)4-6(3)8;/h5H,4H2,1-3H3;. The summed E-state index contributed by atoms with van der Waals surface area (Å²) in [5.41, 5.74) is 0. The quantitative estimate of drug-likeness (QED) is 0.538. The van der Waals surface area contributed by atoms with Crippen molar-refractivity contribution in [3.8, 4) is 0 Å². The van der Waals surface area contributed by atoms with Crippen molar-refractivity contribution in [1.82, 2.24) is 0 Å². The van der Waals surface area contributed by atoms with E-state index in [1.807, 2.05) is 0 Å². The SMILES string of the molecule is CC(=O)CC(=O)C(C)C.[Ru]. The molecule has 0 saturated carbocycles. The van der Waals surface area contributed by atoms with E-state index in [0.717, 1.165) is 0 Å². The van der Waals surface area contributed by atoms with E-state index in [2.05, 4.69) is 0 Å². The molecule has 0 unspecified atom stereocenters. The van der Waals surface area contributed by atoms with E-state index in [-0.39, 0.29) is 43.4 Å². The molecule has 0 heterocycles. The van der Waals surface area contributed by atoms with Crippen LogP contribution in [0.1, 0.15) is 27.2 Å². The Kier molecular flexibility index (Phi) is 7.23. The summed E-state index contributed by atoms with van der Waals surface area (Å²) in [5, 5.41) is 0. The number of hydrogen-bond acceptors (Lipinski definition) is 2. The zero-order chi connectivity index (χ0) is 7.44. The zero-order valence-electron chi connectivity index (χ0n) is 6.45. The number of carbonyl (C=O) groups excluding carboxylic acids is 2. The topological polar surface area (TPSA) is 34.1 Å². The molecule has 0 aliphatic rings. The van der Waals surface area contributed by atoms with Crippen LogP contribution in [0, 0.1) is 5.92 Å². The van der Waals surface area contributed by atoms with Crippen molar-refractivity contribution in [3.63, 3.8) is 0 Å². The Hall–Kier alpha value is -0.0366. The minimum atomic E-state index is -0.0475. The first-order valence-corrected chi connectivity index (χ1v) is 3.06. The molecule has 2 nitrogen and oxygen atoms in total. The molecular weight excluding hydrogens is 217 g/mol. The van der Waals surface area contributed by atoms with Gasteiger partial charge < -0.3 is 0 Å². The van der Waals surface area contributed by atoms with Gasteiger partial charge in [-0.25, -0.2) is 0 Å². The summed E-state index contributed by atoms with van der Waals surface area (Å²) in [5.74, 6) is -0.0231. The summed E-state index contributed by atoms with van der Waals surface area (Å²) >= 11 is 0. The molecule has 0 rings (SSSR count). The largest absolute Gasteiger partial charge is 0.300 e. The fourth-order valence-electron chi connectivity index (χ4n) is 0.449. The molecule has 0 aliphatic heterocycles. The normalized spacial score (nSPS) is 8.80. The average Bonchev–Trinajstić information content (AvgIpc) is 1.63. The molecule has 0 aromatic rings. The minimum absolute atomic E-state index is 0. The third kappa shape index (κ3) is 6.09. The second-order valence-electron chi connectivity index (χ2n) is 2.50. The predicted molar refractivity (Wildman–Crippen MR) is 35.1 cm³/mol. The van der Waals surface area contributed by atoms with Crippen LogP contribution in [0.2, 0.25) is 0 Å². The zero-order valence-corrected chi connectivity index (χ0v) is 8.19. The van der Waals surface area contributed by atoms with Crippen molar-refractivity contribution in [2.75, 3.05) is 0 Å². The van der Waals surface area contributed by atoms with Crippen molar-refractivity contribution >= 4 is 11.6 Å². The van der Waals surface area contributed by atoms with Gasteiger partial charge in [0.2, 0.25) is 0 Å². The molecule has 0 N–H and O–H groups in total. The molecule has 0 bridgehead atoms. The molecule has 0 amide bonds. The van der Waals surface area contributed by atoms with Crippen LogP contribution in [-0.2, 0) is 29.1 Å². The van der Waals surface area contributed by atoms with Gasteiger partial charge in [-0.1, -0.05) is 13.8 Å². The Morgan fingerprint density at radius 1 is 1.30 bits per heavy atom. The Balaban J connectivity index is 0. The molecule has 3 heteroatoms. The van der Waals surface area contributed by atoms with Gasteiger partial charge in [-0.2, -0.15) is 0 Å². The van der Waals surface area contributed by atoms with Crippen molar-refractivity contribution in [2.24, 2.45) is 5.92 Å². The fourth-order valence-corrected chi connectivity index (χ4v) is 0.449. The van der Waals surface area contributed by atoms with Crippen molar-refractivity contribution in [2.45, 2.75) is 27.2 Å². The molecule has 0 radical (unpaired) electrons. The molecular formula is C7H12O2Ru. The average molecular weight is 229 g/mol. The first kappa shape index (κ1) is 12.6. The second-order valence-corrected chi connectivity index (χ2v) is 2.50. The van der Waals surface area contributed by atoms with Crippen molar-refractivity contribution in [3.05, 3.63) is 0 Å². The van der Waals surface area contributed by atoms with Gasteiger partial charge in [0, 0.05) is 25.4 Å². The molecule has 10 heavy (non-hydrogen) atoms. The van der Waals surface area contributed by atoms with Crippen LogP contribution in [0.5, 0.6) is 0 Å². The maximum atomic E-state index is 10.7.